The van der Waals surface area contributed by atoms with Crippen molar-refractivity contribution in [3.8, 4) is 0 Å². The lowest BCUT2D eigenvalue weighted by Gasteiger charge is -2.23. The van der Waals surface area contributed by atoms with Crippen LogP contribution in [-0.2, 0) is 9.47 Å². The minimum absolute atomic E-state index is 0.256. The number of benzene rings is 1. The molecule has 94 valence electrons. The van der Waals surface area contributed by atoms with E-state index in [-0.39, 0.29) is 6.10 Å². The first-order valence-corrected chi connectivity index (χ1v) is 5.96. The number of nitrogens with one attached hydrogen (secondary N) is 1. The molecule has 1 aromatic rings. The lowest BCUT2D eigenvalue weighted by Crippen LogP contribution is -2.30. The lowest BCUT2D eigenvalue weighted by atomic mass is 10.2. The van der Waals surface area contributed by atoms with Crippen LogP contribution < -0.4 is 10.2 Å². The summed E-state index contributed by atoms with van der Waals surface area (Å²) in [6.07, 6.45) is 1.21. The fourth-order valence-electron chi connectivity index (χ4n) is 1.79. The summed E-state index contributed by atoms with van der Waals surface area (Å²) in [6.45, 7) is 2.05. The van der Waals surface area contributed by atoms with E-state index in [1.54, 1.807) is 0 Å². The topological polar surface area (TPSA) is 33.7 Å². The van der Waals surface area contributed by atoms with Crippen LogP contribution in [0, 0.1) is 0 Å². The van der Waals surface area contributed by atoms with E-state index in [9.17, 15) is 0 Å². The molecule has 1 atom stereocenters. The molecule has 1 fully saturated rings. The Morgan fingerprint density at radius 3 is 3.00 bits per heavy atom. The molecule has 0 radical (unpaired) electrons. The molecule has 0 aromatic heterocycles. The average molecular weight is 236 g/mol. The van der Waals surface area contributed by atoms with Crippen molar-refractivity contribution >= 4 is 11.4 Å². The smallest absolute Gasteiger partial charge is 0.147 e. The molecule has 1 aromatic carbocycles. The van der Waals surface area contributed by atoms with Gasteiger partial charge in [0.25, 0.3) is 0 Å². The second kappa shape index (κ2) is 5.89. The molecule has 0 saturated carbocycles. The van der Waals surface area contributed by atoms with Gasteiger partial charge in [-0.3, -0.25) is 0 Å². The van der Waals surface area contributed by atoms with Gasteiger partial charge in [-0.25, -0.2) is 0 Å². The predicted octanol–water partition coefficient (Wildman–Crippen LogP) is 1.93. The van der Waals surface area contributed by atoms with Gasteiger partial charge in [0.1, 0.15) is 6.79 Å². The maximum Gasteiger partial charge on any atom is 0.147 e. The first-order valence-electron chi connectivity index (χ1n) is 5.96. The maximum atomic E-state index is 5.48. The summed E-state index contributed by atoms with van der Waals surface area (Å²) in [5.41, 5.74) is 2.33. The SMILES string of the molecule is CN(C)c1cccc(NCC2CCOCO2)c1. The number of anilines is 2. The van der Waals surface area contributed by atoms with Crippen LogP contribution in [0.4, 0.5) is 11.4 Å². The molecule has 1 heterocycles. The monoisotopic (exact) mass is 236 g/mol. The third-order valence-electron chi connectivity index (χ3n) is 2.87. The fourth-order valence-corrected chi connectivity index (χ4v) is 1.79. The van der Waals surface area contributed by atoms with Crippen molar-refractivity contribution in [1.82, 2.24) is 0 Å². The van der Waals surface area contributed by atoms with E-state index in [1.165, 1.54) is 5.69 Å². The highest BCUT2D eigenvalue weighted by atomic mass is 16.7. The predicted molar refractivity (Wildman–Crippen MR) is 69.6 cm³/mol. The molecule has 0 aliphatic carbocycles. The van der Waals surface area contributed by atoms with Crippen LogP contribution in [-0.4, -0.2) is 40.1 Å². The molecule has 0 amide bonds. The van der Waals surface area contributed by atoms with Crippen LogP contribution in [0.3, 0.4) is 0 Å². The number of ether oxygens (including phenoxy) is 2. The van der Waals surface area contributed by atoms with E-state index >= 15 is 0 Å². The molecule has 17 heavy (non-hydrogen) atoms. The molecular weight excluding hydrogens is 216 g/mol. The zero-order valence-corrected chi connectivity index (χ0v) is 10.5. The molecule has 0 bridgehead atoms. The van der Waals surface area contributed by atoms with Crippen molar-refractivity contribution in [2.24, 2.45) is 0 Å². The summed E-state index contributed by atoms with van der Waals surface area (Å²) in [4.78, 5) is 2.09. The number of nitrogens with zero attached hydrogens (tertiary/aromatic N) is 1. The van der Waals surface area contributed by atoms with Gasteiger partial charge < -0.3 is 19.7 Å². The van der Waals surface area contributed by atoms with Gasteiger partial charge >= 0.3 is 0 Å². The van der Waals surface area contributed by atoms with E-state index in [2.05, 4.69) is 34.5 Å². The molecule has 1 aliphatic rings. The second-order valence-electron chi connectivity index (χ2n) is 4.43. The number of rotatable bonds is 4. The Morgan fingerprint density at radius 1 is 1.41 bits per heavy atom. The van der Waals surface area contributed by atoms with Gasteiger partial charge in [0, 0.05) is 32.0 Å². The molecular formula is C13H20N2O2. The normalized spacial score (nSPS) is 20.0. The van der Waals surface area contributed by atoms with Crippen LogP contribution in [0.2, 0.25) is 0 Å². The molecule has 1 aliphatic heterocycles. The zero-order chi connectivity index (χ0) is 12.1. The van der Waals surface area contributed by atoms with Crippen molar-refractivity contribution in [2.75, 3.05) is 44.3 Å². The summed E-state index contributed by atoms with van der Waals surface area (Å²) in [6, 6.07) is 8.37. The van der Waals surface area contributed by atoms with E-state index < -0.39 is 0 Å². The zero-order valence-electron chi connectivity index (χ0n) is 10.5. The molecule has 1 N–H and O–H groups in total. The van der Waals surface area contributed by atoms with Crippen LogP contribution in [0.1, 0.15) is 6.42 Å². The van der Waals surface area contributed by atoms with Gasteiger partial charge in [0.15, 0.2) is 0 Å². The minimum atomic E-state index is 0.256. The Kier molecular flexibility index (Phi) is 4.23. The highest BCUT2D eigenvalue weighted by Crippen LogP contribution is 2.17. The van der Waals surface area contributed by atoms with E-state index in [0.29, 0.717) is 6.79 Å². The second-order valence-corrected chi connectivity index (χ2v) is 4.43. The first kappa shape index (κ1) is 12.2. The minimum Gasteiger partial charge on any atom is -0.382 e. The summed E-state index contributed by atoms with van der Waals surface area (Å²) in [5.74, 6) is 0. The van der Waals surface area contributed by atoms with Crippen LogP contribution in [0.5, 0.6) is 0 Å². The van der Waals surface area contributed by atoms with Crippen LogP contribution in [0.15, 0.2) is 24.3 Å². The van der Waals surface area contributed by atoms with Crippen molar-refractivity contribution in [3.63, 3.8) is 0 Å². The Bertz CT molecular complexity index is 349. The molecule has 4 heteroatoms. The van der Waals surface area contributed by atoms with Crippen LogP contribution in [0.25, 0.3) is 0 Å². The number of hydrogen-bond acceptors (Lipinski definition) is 4. The standard InChI is InChI=1S/C13H20N2O2/c1-15(2)12-5-3-4-11(8-12)14-9-13-6-7-16-10-17-13/h3-5,8,13-14H,6-7,9-10H2,1-2H3. The van der Waals surface area contributed by atoms with Gasteiger partial charge in [-0.1, -0.05) is 6.07 Å². The Hall–Kier alpha value is -1.26. The lowest BCUT2D eigenvalue weighted by molar-refractivity contribution is -0.133. The van der Waals surface area contributed by atoms with E-state index in [0.717, 1.165) is 25.3 Å². The van der Waals surface area contributed by atoms with Crippen molar-refractivity contribution < 1.29 is 9.47 Å². The fraction of sp³-hybridized carbons (Fsp3) is 0.538. The Balaban J connectivity index is 1.87. The molecule has 0 spiro atoms. The van der Waals surface area contributed by atoms with Gasteiger partial charge in [-0.2, -0.15) is 0 Å². The maximum absolute atomic E-state index is 5.48. The highest BCUT2D eigenvalue weighted by molar-refractivity contribution is 5.57. The van der Waals surface area contributed by atoms with Gasteiger partial charge in [-0.15, -0.1) is 0 Å². The Labute approximate surface area is 103 Å². The molecule has 4 nitrogen and oxygen atoms in total. The number of hydrogen-bond donors (Lipinski definition) is 1. The van der Waals surface area contributed by atoms with Crippen LogP contribution >= 0.6 is 0 Å². The van der Waals surface area contributed by atoms with Gasteiger partial charge in [-0.05, 0) is 24.6 Å². The molecule has 1 unspecified atom stereocenters. The van der Waals surface area contributed by atoms with E-state index in [4.69, 9.17) is 9.47 Å². The summed E-state index contributed by atoms with van der Waals surface area (Å²) >= 11 is 0. The third-order valence-corrected chi connectivity index (χ3v) is 2.87. The first-order chi connectivity index (χ1) is 8.25. The van der Waals surface area contributed by atoms with Gasteiger partial charge in [0.2, 0.25) is 0 Å². The van der Waals surface area contributed by atoms with Crippen molar-refractivity contribution in [1.29, 1.82) is 0 Å². The largest absolute Gasteiger partial charge is 0.382 e. The van der Waals surface area contributed by atoms with Gasteiger partial charge in [0.05, 0.1) is 12.7 Å². The third kappa shape index (κ3) is 3.61. The average Bonchev–Trinajstić information content (AvgIpc) is 2.38. The molecule has 1 saturated heterocycles. The quantitative estimate of drug-likeness (QED) is 0.866. The summed E-state index contributed by atoms with van der Waals surface area (Å²) < 4.78 is 10.6. The highest BCUT2D eigenvalue weighted by Gasteiger charge is 2.13. The summed E-state index contributed by atoms with van der Waals surface area (Å²) in [7, 11) is 4.08. The van der Waals surface area contributed by atoms with E-state index in [1.807, 2.05) is 14.1 Å². The summed E-state index contributed by atoms with van der Waals surface area (Å²) in [5, 5.41) is 3.40. The molecule has 2 rings (SSSR count). The van der Waals surface area contributed by atoms with Crippen molar-refractivity contribution in [2.45, 2.75) is 12.5 Å². The Morgan fingerprint density at radius 2 is 2.29 bits per heavy atom. The van der Waals surface area contributed by atoms with Crippen molar-refractivity contribution in [3.05, 3.63) is 24.3 Å².